The molecule has 0 saturated heterocycles. The Morgan fingerprint density at radius 2 is 1.59 bits per heavy atom. The van der Waals surface area contributed by atoms with E-state index >= 15 is 0 Å². The molecule has 0 aliphatic rings. The van der Waals surface area contributed by atoms with Gasteiger partial charge in [0.2, 0.25) is 0 Å². The first kappa shape index (κ1) is 30.1. The van der Waals surface area contributed by atoms with Crippen molar-refractivity contribution in [3.05, 3.63) is 89.5 Å². The summed E-state index contributed by atoms with van der Waals surface area (Å²) < 4.78 is 11.3. The third-order valence-electron chi connectivity index (χ3n) is 6.00. The molecule has 39 heavy (non-hydrogen) atoms. The molecule has 0 saturated carbocycles. The summed E-state index contributed by atoms with van der Waals surface area (Å²) in [7, 11) is 0. The van der Waals surface area contributed by atoms with Crippen molar-refractivity contribution in [3.8, 4) is 5.75 Å². The molecule has 3 rings (SSSR count). The van der Waals surface area contributed by atoms with Crippen molar-refractivity contribution in [2.75, 3.05) is 43.5 Å². The maximum absolute atomic E-state index is 12.2. The number of rotatable bonds is 17. The molecule has 6 N–H and O–H groups in total. The molecule has 0 fully saturated rings. The second-order valence-corrected chi connectivity index (χ2v) is 9.14. The molecule has 0 aliphatic heterocycles. The zero-order chi connectivity index (χ0) is 27.7. The molecule has 0 radical (unpaired) electrons. The minimum atomic E-state index is -0.697. The van der Waals surface area contributed by atoms with E-state index < -0.39 is 6.10 Å². The van der Waals surface area contributed by atoms with Crippen LogP contribution >= 0.6 is 0 Å². The zero-order valence-electron chi connectivity index (χ0n) is 22.1. The van der Waals surface area contributed by atoms with Crippen LogP contribution in [0.5, 0.6) is 5.75 Å². The summed E-state index contributed by atoms with van der Waals surface area (Å²) in [6.45, 7) is 3.03. The minimum absolute atomic E-state index is 0.0277. The van der Waals surface area contributed by atoms with Crippen LogP contribution in [0.1, 0.15) is 42.1 Å². The quantitative estimate of drug-likeness (QED) is 0.139. The highest BCUT2D eigenvalue weighted by Gasteiger charge is 2.10. The number of ether oxygens (including phenoxy) is 2. The molecule has 3 aromatic carbocycles. The number of hydrogen-bond acceptors (Lipinski definition) is 7. The van der Waals surface area contributed by atoms with Crippen LogP contribution in [0.25, 0.3) is 0 Å². The van der Waals surface area contributed by atoms with Crippen LogP contribution in [-0.4, -0.2) is 54.3 Å². The van der Waals surface area contributed by atoms with Gasteiger partial charge in [-0.2, -0.15) is 0 Å². The highest BCUT2D eigenvalue weighted by Crippen LogP contribution is 2.22. The Balaban J connectivity index is 1.17. The first-order valence-corrected chi connectivity index (χ1v) is 13.2. The number of carbonyl (C=O) groups excluding carboxylic acids is 1. The van der Waals surface area contributed by atoms with E-state index in [0.717, 1.165) is 37.1 Å². The Labute approximate surface area is 229 Å². The Morgan fingerprint density at radius 3 is 2.41 bits per heavy atom. The molecule has 210 valence electrons. The van der Waals surface area contributed by atoms with Gasteiger partial charge >= 0.3 is 6.03 Å². The molecule has 0 unspecified atom stereocenters. The number of carbonyl (C=O) groups is 1. The fraction of sp³-hybridized carbons (Fsp3) is 0.367. The van der Waals surface area contributed by atoms with E-state index in [0.29, 0.717) is 49.8 Å². The molecular weight excluding hydrogens is 498 g/mol. The third-order valence-corrected chi connectivity index (χ3v) is 6.00. The van der Waals surface area contributed by atoms with E-state index in [-0.39, 0.29) is 18.4 Å². The van der Waals surface area contributed by atoms with E-state index in [1.54, 1.807) is 12.1 Å². The van der Waals surface area contributed by atoms with E-state index in [1.807, 2.05) is 54.6 Å². The van der Waals surface area contributed by atoms with Crippen molar-refractivity contribution in [2.24, 2.45) is 0 Å². The molecule has 3 aromatic rings. The summed E-state index contributed by atoms with van der Waals surface area (Å²) in [6, 6.07) is 21.3. The molecule has 9 heteroatoms. The second kappa shape index (κ2) is 17.2. The molecule has 0 spiro atoms. The summed E-state index contributed by atoms with van der Waals surface area (Å²) in [4.78, 5) is 12.2. The van der Waals surface area contributed by atoms with Crippen LogP contribution in [0.15, 0.2) is 72.8 Å². The summed E-state index contributed by atoms with van der Waals surface area (Å²) in [6.07, 6.45) is 2.23. The molecule has 2 amide bonds. The predicted octanol–water partition coefficient (Wildman–Crippen LogP) is 4.56. The number of anilines is 2. The lowest BCUT2D eigenvalue weighted by atomic mass is 10.1. The number of aliphatic hydroxyl groups is 2. The van der Waals surface area contributed by atoms with Gasteiger partial charge in [-0.25, -0.2) is 4.79 Å². The van der Waals surface area contributed by atoms with Gasteiger partial charge in [-0.15, -0.1) is 0 Å². The first-order chi connectivity index (χ1) is 19.0. The van der Waals surface area contributed by atoms with Crippen molar-refractivity contribution in [2.45, 2.75) is 38.6 Å². The molecule has 0 aromatic heterocycles. The number of aromatic hydroxyl groups is 1. The van der Waals surface area contributed by atoms with Gasteiger partial charge in [0.25, 0.3) is 0 Å². The minimum Gasteiger partial charge on any atom is -0.508 e. The van der Waals surface area contributed by atoms with E-state index in [9.17, 15) is 20.1 Å². The molecule has 1 atom stereocenters. The number of unbranched alkanes of at least 4 members (excludes halogenated alkanes) is 2. The summed E-state index contributed by atoms with van der Waals surface area (Å²) >= 11 is 0. The lowest BCUT2D eigenvalue weighted by Crippen LogP contribution is -2.22. The van der Waals surface area contributed by atoms with Gasteiger partial charge in [0.05, 0.1) is 32.5 Å². The number of para-hydroxylation sites is 1. The number of benzene rings is 3. The maximum Gasteiger partial charge on any atom is 0.323 e. The Hall–Kier alpha value is -3.47. The lowest BCUT2D eigenvalue weighted by molar-refractivity contribution is 0.0393. The topological polar surface area (TPSA) is 132 Å². The molecule has 0 bridgehead atoms. The van der Waals surface area contributed by atoms with Crippen LogP contribution in [0.2, 0.25) is 0 Å². The van der Waals surface area contributed by atoms with Crippen LogP contribution in [0.3, 0.4) is 0 Å². The number of aliphatic hydroxyl groups excluding tert-OH is 2. The highest BCUT2D eigenvalue weighted by atomic mass is 16.5. The smallest absolute Gasteiger partial charge is 0.323 e. The molecule has 0 heterocycles. The SMILES string of the molecule is O=C(Nc1ccccc1)Nc1cccc(COCCOCCCCCNC[C@H](O)c2ccc(O)c(CO)c2)c1. The largest absolute Gasteiger partial charge is 0.508 e. The average Bonchev–Trinajstić information content (AvgIpc) is 2.94. The van der Waals surface area contributed by atoms with Crippen molar-refractivity contribution >= 4 is 17.4 Å². The number of hydrogen-bond donors (Lipinski definition) is 6. The number of urea groups is 1. The number of amides is 2. The van der Waals surface area contributed by atoms with Gasteiger partial charge < -0.3 is 40.7 Å². The van der Waals surface area contributed by atoms with Crippen LogP contribution < -0.4 is 16.0 Å². The summed E-state index contributed by atoms with van der Waals surface area (Å²) in [5.74, 6) is 0.0277. The van der Waals surface area contributed by atoms with Gasteiger partial charge in [0.15, 0.2) is 0 Å². The third kappa shape index (κ3) is 11.4. The summed E-state index contributed by atoms with van der Waals surface area (Å²) in [5.41, 5.74) is 3.46. The van der Waals surface area contributed by atoms with Crippen molar-refractivity contribution in [3.63, 3.8) is 0 Å². The van der Waals surface area contributed by atoms with E-state index in [2.05, 4.69) is 16.0 Å². The van der Waals surface area contributed by atoms with Gasteiger partial charge in [0, 0.05) is 30.1 Å². The van der Waals surface area contributed by atoms with Crippen molar-refractivity contribution in [1.29, 1.82) is 0 Å². The van der Waals surface area contributed by atoms with Gasteiger partial charge in [-0.3, -0.25) is 0 Å². The van der Waals surface area contributed by atoms with Crippen LogP contribution in [0.4, 0.5) is 16.2 Å². The fourth-order valence-electron chi connectivity index (χ4n) is 3.89. The monoisotopic (exact) mass is 537 g/mol. The lowest BCUT2D eigenvalue weighted by Gasteiger charge is -2.14. The maximum atomic E-state index is 12.2. The van der Waals surface area contributed by atoms with Gasteiger partial charge in [0.1, 0.15) is 5.75 Å². The Morgan fingerprint density at radius 1 is 0.821 bits per heavy atom. The standard InChI is InChI=1S/C30H39N3O6/c34-21-25-19-24(12-13-28(25)35)29(36)20-31-14-5-2-6-15-38-16-17-39-22-23-8-7-11-27(18-23)33-30(37)32-26-9-3-1-4-10-26/h1,3-4,7-13,18-19,29,31,34-36H,2,5-6,14-17,20-22H2,(H2,32,33,37)/t29-/m0/s1. The fourth-order valence-corrected chi connectivity index (χ4v) is 3.89. The Bertz CT molecular complexity index is 1130. The zero-order valence-corrected chi connectivity index (χ0v) is 22.1. The van der Waals surface area contributed by atoms with Gasteiger partial charge in [-0.1, -0.05) is 36.4 Å². The first-order valence-electron chi connectivity index (χ1n) is 13.2. The van der Waals surface area contributed by atoms with E-state index in [1.165, 1.54) is 6.07 Å². The normalized spacial score (nSPS) is 11.7. The Kier molecular flexibility index (Phi) is 13.3. The highest BCUT2D eigenvalue weighted by molar-refractivity contribution is 5.99. The van der Waals surface area contributed by atoms with Crippen molar-refractivity contribution in [1.82, 2.24) is 5.32 Å². The number of phenols is 1. The molecular formula is C30H39N3O6. The average molecular weight is 538 g/mol. The summed E-state index contributed by atoms with van der Waals surface area (Å²) in [5, 5.41) is 38.0. The van der Waals surface area contributed by atoms with Gasteiger partial charge in [-0.05, 0) is 73.3 Å². The van der Waals surface area contributed by atoms with Crippen LogP contribution in [-0.2, 0) is 22.7 Å². The van der Waals surface area contributed by atoms with Crippen LogP contribution in [0, 0.1) is 0 Å². The van der Waals surface area contributed by atoms with E-state index in [4.69, 9.17) is 9.47 Å². The molecule has 9 nitrogen and oxygen atoms in total. The van der Waals surface area contributed by atoms with Crippen molar-refractivity contribution < 1.29 is 29.6 Å². The second-order valence-electron chi connectivity index (χ2n) is 9.14. The predicted molar refractivity (Wildman–Crippen MR) is 152 cm³/mol. The number of nitrogens with one attached hydrogen (secondary N) is 3. The molecule has 0 aliphatic carbocycles.